The number of para-hydroxylation sites is 2. The van der Waals surface area contributed by atoms with Crippen LogP contribution < -0.4 is 10.3 Å². The second-order valence-corrected chi connectivity index (χ2v) is 7.66. The van der Waals surface area contributed by atoms with Crippen LogP contribution in [0.25, 0.3) is 10.2 Å². The van der Waals surface area contributed by atoms with Gasteiger partial charge in [-0.25, -0.2) is 4.98 Å². The monoisotopic (exact) mass is 348 g/mol. The maximum absolute atomic E-state index is 4.52. The van der Waals surface area contributed by atoms with Crippen molar-refractivity contribution in [2.45, 2.75) is 19.3 Å². The minimum atomic E-state index is -0.0345. The molecule has 0 spiro atoms. The topological polar surface area (TPSA) is 40.5 Å². The highest BCUT2D eigenvalue weighted by molar-refractivity contribution is 7.22. The highest BCUT2D eigenvalue weighted by atomic mass is 32.1. The Labute approximate surface area is 151 Å². The number of fused-ring (bicyclic) bond motifs is 2. The Hall–Kier alpha value is -2.66. The third-order valence-electron chi connectivity index (χ3n) is 4.70. The van der Waals surface area contributed by atoms with Crippen LogP contribution in [0.15, 0.2) is 65.4 Å². The minimum Gasteiger partial charge on any atom is -0.347 e. The summed E-state index contributed by atoms with van der Waals surface area (Å²) in [6.07, 6.45) is 3.88. The largest absolute Gasteiger partial charge is 0.347 e. The van der Waals surface area contributed by atoms with E-state index in [1.165, 1.54) is 16.9 Å². The van der Waals surface area contributed by atoms with Gasteiger partial charge in [0, 0.05) is 30.1 Å². The van der Waals surface area contributed by atoms with Crippen LogP contribution in [-0.2, 0) is 5.41 Å². The molecule has 5 heteroatoms. The Morgan fingerprint density at radius 2 is 1.88 bits per heavy atom. The molecule has 0 saturated heterocycles. The maximum atomic E-state index is 4.52. The molecular formula is C20H20N4S. The molecule has 25 heavy (non-hydrogen) atoms. The lowest BCUT2D eigenvalue weighted by Gasteiger charge is -2.23. The van der Waals surface area contributed by atoms with Crippen molar-refractivity contribution < 1.29 is 0 Å². The Bertz CT molecular complexity index is 951. The molecule has 0 atom stereocenters. The van der Waals surface area contributed by atoms with E-state index in [2.05, 4.69) is 77.7 Å². The first-order chi connectivity index (χ1) is 12.1. The second-order valence-electron chi connectivity index (χ2n) is 6.63. The summed E-state index contributed by atoms with van der Waals surface area (Å²) in [5, 5.41) is 5.14. The van der Waals surface area contributed by atoms with Crippen LogP contribution in [0.4, 0.5) is 10.8 Å². The zero-order valence-corrected chi connectivity index (χ0v) is 15.3. The number of hydrazone groups is 1. The summed E-state index contributed by atoms with van der Waals surface area (Å²) in [4.78, 5) is 6.76. The highest BCUT2D eigenvalue weighted by Gasteiger charge is 2.37. The number of aromatic nitrogens is 1. The molecule has 0 radical (unpaired) electrons. The smallest absolute Gasteiger partial charge is 0.204 e. The van der Waals surface area contributed by atoms with E-state index >= 15 is 0 Å². The van der Waals surface area contributed by atoms with Gasteiger partial charge in [-0.1, -0.05) is 55.5 Å². The van der Waals surface area contributed by atoms with Crippen molar-refractivity contribution in [3.05, 3.63) is 65.9 Å². The maximum Gasteiger partial charge on any atom is 0.204 e. The minimum absolute atomic E-state index is 0.0345. The number of nitrogens with zero attached hydrogens (tertiary/aromatic N) is 3. The molecule has 2 aromatic carbocycles. The quantitative estimate of drug-likeness (QED) is 0.534. The fraction of sp³-hybridized carbons (Fsp3) is 0.200. The van der Waals surface area contributed by atoms with E-state index in [0.717, 1.165) is 15.3 Å². The molecule has 0 unspecified atom stereocenters. The summed E-state index contributed by atoms with van der Waals surface area (Å²) >= 11 is 1.60. The first kappa shape index (κ1) is 15.8. The van der Waals surface area contributed by atoms with Crippen molar-refractivity contribution in [2.24, 2.45) is 5.10 Å². The average molecular weight is 348 g/mol. The van der Waals surface area contributed by atoms with Gasteiger partial charge in [0.25, 0.3) is 0 Å². The van der Waals surface area contributed by atoms with Crippen molar-refractivity contribution >= 4 is 38.6 Å². The predicted octanol–water partition coefficient (Wildman–Crippen LogP) is 5.01. The van der Waals surface area contributed by atoms with E-state index in [0.29, 0.717) is 0 Å². The average Bonchev–Trinajstić information content (AvgIpc) is 3.11. The summed E-state index contributed by atoms with van der Waals surface area (Å²) in [7, 11) is 2.11. The molecule has 0 amide bonds. The first-order valence-corrected chi connectivity index (χ1v) is 9.07. The van der Waals surface area contributed by atoms with Gasteiger partial charge in [-0.3, -0.25) is 5.43 Å². The number of nitrogens with one attached hydrogen (secondary N) is 1. The summed E-state index contributed by atoms with van der Waals surface area (Å²) in [6, 6.07) is 16.6. The van der Waals surface area contributed by atoms with Crippen LogP contribution in [0.5, 0.6) is 0 Å². The number of hydrogen-bond acceptors (Lipinski definition) is 5. The lowest BCUT2D eigenvalue weighted by atomic mass is 9.84. The molecule has 4 nitrogen and oxygen atoms in total. The number of thiazole rings is 1. The number of benzene rings is 2. The van der Waals surface area contributed by atoms with Gasteiger partial charge in [0.05, 0.1) is 10.2 Å². The molecule has 1 aromatic heterocycles. The number of rotatable bonds is 3. The van der Waals surface area contributed by atoms with E-state index < -0.39 is 0 Å². The van der Waals surface area contributed by atoms with E-state index in [1.54, 1.807) is 11.3 Å². The van der Waals surface area contributed by atoms with Crippen molar-refractivity contribution in [2.75, 3.05) is 17.4 Å². The number of allylic oxidation sites excluding steroid dienone is 2. The van der Waals surface area contributed by atoms with Gasteiger partial charge >= 0.3 is 0 Å². The molecule has 0 aliphatic carbocycles. The van der Waals surface area contributed by atoms with Gasteiger partial charge in [0.2, 0.25) is 5.13 Å². The van der Waals surface area contributed by atoms with Crippen LogP contribution in [0.3, 0.4) is 0 Å². The van der Waals surface area contributed by atoms with E-state index in [1.807, 2.05) is 24.4 Å². The lowest BCUT2D eigenvalue weighted by Crippen LogP contribution is -2.23. The Morgan fingerprint density at radius 3 is 2.68 bits per heavy atom. The van der Waals surface area contributed by atoms with E-state index in [4.69, 9.17) is 0 Å². The Morgan fingerprint density at radius 1 is 1.12 bits per heavy atom. The van der Waals surface area contributed by atoms with Gasteiger partial charge in [0.1, 0.15) is 0 Å². The van der Waals surface area contributed by atoms with Gasteiger partial charge in [-0.15, -0.1) is 0 Å². The fourth-order valence-corrected chi connectivity index (χ4v) is 4.24. The number of likely N-dealkylation sites (N-methyl/N-ethyl adjacent to an activating group) is 1. The highest BCUT2D eigenvalue weighted by Crippen LogP contribution is 2.46. The third kappa shape index (κ3) is 2.70. The SMILES string of the molecule is CN1/C(=C\C=N\Nc2nc3ccccc3s2)C(C)(C)c2ccccc21. The molecule has 0 fully saturated rings. The summed E-state index contributed by atoms with van der Waals surface area (Å²) in [5.74, 6) is 0. The van der Waals surface area contributed by atoms with Gasteiger partial charge in [0.15, 0.2) is 0 Å². The van der Waals surface area contributed by atoms with Crippen molar-refractivity contribution in [1.29, 1.82) is 0 Å². The summed E-state index contributed by atoms with van der Waals surface area (Å²) in [6.45, 7) is 4.49. The molecule has 4 rings (SSSR count). The predicted molar refractivity (Wildman–Crippen MR) is 108 cm³/mol. The molecule has 126 valence electrons. The Kier molecular flexibility index (Phi) is 3.81. The van der Waals surface area contributed by atoms with Gasteiger partial charge < -0.3 is 4.90 Å². The van der Waals surface area contributed by atoms with Crippen LogP contribution in [0.1, 0.15) is 19.4 Å². The van der Waals surface area contributed by atoms with Crippen molar-refractivity contribution in [3.63, 3.8) is 0 Å². The third-order valence-corrected chi connectivity index (χ3v) is 5.64. The molecule has 1 aliphatic heterocycles. The molecule has 0 saturated carbocycles. The molecule has 1 N–H and O–H groups in total. The summed E-state index contributed by atoms with van der Waals surface area (Å²) in [5.41, 5.74) is 7.82. The second kappa shape index (κ2) is 6.01. The summed E-state index contributed by atoms with van der Waals surface area (Å²) < 4.78 is 1.16. The van der Waals surface area contributed by atoms with Crippen molar-refractivity contribution in [3.8, 4) is 0 Å². The molecule has 0 bridgehead atoms. The van der Waals surface area contributed by atoms with E-state index in [-0.39, 0.29) is 5.41 Å². The first-order valence-electron chi connectivity index (χ1n) is 8.26. The standard InChI is InChI=1S/C20H20N4S/c1-20(2)14-8-4-6-10-16(14)24(3)18(20)12-13-21-23-19-22-15-9-5-7-11-17(15)25-19/h4-13H,1-3H3,(H,22,23)/b18-12-,21-13+. The number of anilines is 2. The molecular weight excluding hydrogens is 328 g/mol. The van der Waals surface area contributed by atoms with Gasteiger partial charge in [-0.2, -0.15) is 5.10 Å². The van der Waals surface area contributed by atoms with Crippen LogP contribution >= 0.6 is 11.3 Å². The van der Waals surface area contributed by atoms with Crippen LogP contribution in [0, 0.1) is 0 Å². The zero-order chi connectivity index (χ0) is 17.4. The van der Waals surface area contributed by atoms with Gasteiger partial charge in [-0.05, 0) is 29.8 Å². The zero-order valence-electron chi connectivity index (χ0n) is 14.5. The lowest BCUT2D eigenvalue weighted by molar-refractivity contribution is 0.641. The fourth-order valence-electron chi connectivity index (χ4n) is 3.42. The van der Waals surface area contributed by atoms with E-state index in [9.17, 15) is 0 Å². The van der Waals surface area contributed by atoms with Crippen LogP contribution in [-0.4, -0.2) is 18.2 Å². The van der Waals surface area contributed by atoms with Crippen LogP contribution in [0.2, 0.25) is 0 Å². The molecule has 3 aromatic rings. The molecule has 1 aliphatic rings. The Balaban J connectivity index is 1.54. The molecule has 2 heterocycles. The van der Waals surface area contributed by atoms with Crippen molar-refractivity contribution in [1.82, 2.24) is 4.98 Å². The normalized spacial score (nSPS) is 17.6. The number of hydrogen-bond donors (Lipinski definition) is 1.